The second kappa shape index (κ2) is 6.92. The average molecular weight is 307 g/mol. The topological polar surface area (TPSA) is 87.3 Å². The van der Waals surface area contributed by atoms with Crippen LogP contribution in [0, 0.1) is 5.92 Å². The predicted octanol–water partition coefficient (Wildman–Crippen LogP) is -0.515. The van der Waals surface area contributed by atoms with Crippen LogP contribution in [0.2, 0.25) is 0 Å². The van der Waals surface area contributed by atoms with Crippen molar-refractivity contribution in [2.45, 2.75) is 25.3 Å². The number of rotatable bonds is 7. The molecule has 0 aromatic carbocycles. The maximum Gasteiger partial charge on any atom is 0.238 e. The summed E-state index contributed by atoms with van der Waals surface area (Å²) in [6, 6.07) is -0.185. The molecule has 1 heterocycles. The van der Waals surface area contributed by atoms with Gasteiger partial charge in [-0.15, -0.1) is 11.8 Å². The molecule has 3 N–H and O–H groups in total. The van der Waals surface area contributed by atoms with Gasteiger partial charge >= 0.3 is 0 Å². The maximum atomic E-state index is 11.7. The van der Waals surface area contributed by atoms with Crippen LogP contribution in [0.3, 0.4) is 0 Å². The molecule has 0 spiro atoms. The highest BCUT2D eigenvalue weighted by Gasteiger charge is 2.23. The number of thioether (sulfide) groups is 1. The van der Waals surface area contributed by atoms with E-state index >= 15 is 0 Å². The van der Waals surface area contributed by atoms with E-state index in [2.05, 4.69) is 15.4 Å². The number of carbonyl (C=O) groups is 1. The molecule has 2 aliphatic rings. The van der Waals surface area contributed by atoms with Gasteiger partial charge in [-0.05, 0) is 18.8 Å². The second-order valence-electron chi connectivity index (χ2n) is 5.03. The number of nitrogens with one attached hydrogen (secondary N) is 3. The first-order valence-electron chi connectivity index (χ1n) is 6.63. The first kappa shape index (κ1) is 15.1. The lowest BCUT2D eigenvalue weighted by Gasteiger charge is -2.25. The highest BCUT2D eigenvalue weighted by Crippen LogP contribution is 2.25. The van der Waals surface area contributed by atoms with Crippen LogP contribution in [0.25, 0.3) is 0 Å². The SMILES string of the molecule is O=C(NCCS(=O)(=O)NCC1CCC1)C1CSCN1. The molecule has 2 rings (SSSR count). The fourth-order valence-electron chi connectivity index (χ4n) is 2.01. The molecule has 0 bridgehead atoms. The Morgan fingerprint density at radius 2 is 2.16 bits per heavy atom. The van der Waals surface area contributed by atoms with Gasteiger partial charge in [-0.1, -0.05) is 6.42 Å². The predicted molar refractivity (Wildman–Crippen MR) is 76.4 cm³/mol. The highest BCUT2D eigenvalue weighted by atomic mass is 32.2. The summed E-state index contributed by atoms with van der Waals surface area (Å²) in [5.41, 5.74) is 0. The minimum atomic E-state index is -3.26. The van der Waals surface area contributed by atoms with Gasteiger partial charge < -0.3 is 5.32 Å². The standard InChI is InChI=1S/C11H21N3O3S2/c15-11(10-7-18-8-13-10)12-4-5-19(16,17)14-6-9-2-1-3-9/h9-10,13-14H,1-8H2,(H,12,15). The zero-order chi connectivity index (χ0) is 13.7. The molecular weight excluding hydrogens is 286 g/mol. The molecule has 1 atom stereocenters. The molecule has 0 aromatic rings. The van der Waals surface area contributed by atoms with Crippen molar-refractivity contribution in [1.29, 1.82) is 0 Å². The normalized spacial score (nSPS) is 24.1. The summed E-state index contributed by atoms with van der Waals surface area (Å²) in [6.07, 6.45) is 3.43. The van der Waals surface area contributed by atoms with Crippen molar-refractivity contribution in [3.8, 4) is 0 Å². The zero-order valence-electron chi connectivity index (χ0n) is 10.9. The van der Waals surface area contributed by atoms with E-state index in [1.165, 1.54) is 6.42 Å². The number of hydrogen-bond acceptors (Lipinski definition) is 5. The molecular formula is C11H21N3O3S2. The fourth-order valence-corrected chi connectivity index (χ4v) is 3.96. The van der Waals surface area contributed by atoms with Crippen molar-refractivity contribution in [3.63, 3.8) is 0 Å². The van der Waals surface area contributed by atoms with E-state index in [0.29, 0.717) is 12.5 Å². The zero-order valence-corrected chi connectivity index (χ0v) is 12.5. The van der Waals surface area contributed by atoms with Gasteiger partial charge in [0.2, 0.25) is 15.9 Å². The molecule has 1 saturated carbocycles. The van der Waals surface area contributed by atoms with E-state index in [1.54, 1.807) is 11.8 Å². The van der Waals surface area contributed by atoms with Gasteiger partial charge in [0.15, 0.2) is 0 Å². The molecule has 110 valence electrons. The Hall–Kier alpha value is -0.310. The molecule has 8 heteroatoms. The third kappa shape index (κ3) is 4.94. The third-order valence-corrected chi connectivity index (χ3v) is 5.81. The summed E-state index contributed by atoms with van der Waals surface area (Å²) in [7, 11) is -3.26. The molecule has 19 heavy (non-hydrogen) atoms. The van der Waals surface area contributed by atoms with E-state index < -0.39 is 10.0 Å². The molecule has 2 fully saturated rings. The first-order chi connectivity index (χ1) is 9.07. The maximum absolute atomic E-state index is 11.7. The molecule has 1 aliphatic heterocycles. The summed E-state index contributed by atoms with van der Waals surface area (Å²) in [6.45, 7) is 0.707. The summed E-state index contributed by atoms with van der Waals surface area (Å²) >= 11 is 1.67. The van der Waals surface area contributed by atoms with E-state index in [1.807, 2.05) is 0 Å². The smallest absolute Gasteiger partial charge is 0.238 e. The summed E-state index contributed by atoms with van der Waals surface area (Å²) < 4.78 is 26.0. The van der Waals surface area contributed by atoms with Gasteiger partial charge in [0.1, 0.15) is 0 Å². The van der Waals surface area contributed by atoms with Crippen LogP contribution in [0.4, 0.5) is 0 Å². The van der Waals surface area contributed by atoms with Crippen molar-refractivity contribution in [3.05, 3.63) is 0 Å². The Labute approximate surface area is 118 Å². The van der Waals surface area contributed by atoms with Crippen molar-refractivity contribution >= 4 is 27.7 Å². The van der Waals surface area contributed by atoms with Crippen LogP contribution >= 0.6 is 11.8 Å². The number of amides is 1. The van der Waals surface area contributed by atoms with Gasteiger partial charge in [0.25, 0.3) is 0 Å². The van der Waals surface area contributed by atoms with Gasteiger partial charge in [-0.2, -0.15) is 0 Å². The average Bonchev–Trinajstić information content (AvgIpc) is 2.79. The largest absolute Gasteiger partial charge is 0.354 e. The summed E-state index contributed by atoms with van der Waals surface area (Å²) in [5.74, 6) is 1.87. The van der Waals surface area contributed by atoms with Gasteiger partial charge in [-0.3, -0.25) is 10.1 Å². The number of carbonyl (C=O) groups excluding carboxylic acids is 1. The fraction of sp³-hybridized carbons (Fsp3) is 0.909. The monoisotopic (exact) mass is 307 g/mol. The molecule has 1 amide bonds. The number of sulfonamides is 1. The van der Waals surface area contributed by atoms with E-state index in [9.17, 15) is 13.2 Å². The van der Waals surface area contributed by atoms with Gasteiger partial charge in [0.05, 0.1) is 11.8 Å². The Bertz CT molecular complexity index is 403. The lowest BCUT2D eigenvalue weighted by atomic mass is 9.86. The lowest BCUT2D eigenvalue weighted by molar-refractivity contribution is -0.122. The van der Waals surface area contributed by atoms with E-state index in [0.717, 1.165) is 24.5 Å². The molecule has 1 aliphatic carbocycles. The Kier molecular flexibility index (Phi) is 5.49. The Balaban J connectivity index is 1.61. The van der Waals surface area contributed by atoms with Crippen molar-refractivity contribution in [2.24, 2.45) is 5.92 Å². The Morgan fingerprint density at radius 3 is 2.74 bits per heavy atom. The van der Waals surface area contributed by atoms with Crippen LogP contribution in [0.15, 0.2) is 0 Å². The highest BCUT2D eigenvalue weighted by molar-refractivity contribution is 7.99. The molecule has 1 unspecified atom stereocenters. The van der Waals surface area contributed by atoms with Crippen LogP contribution in [-0.2, 0) is 14.8 Å². The van der Waals surface area contributed by atoms with Crippen molar-refractivity contribution in [2.75, 3.05) is 30.5 Å². The molecule has 0 aromatic heterocycles. The van der Waals surface area contributed by atoms with E-state index in [-0.39, 0.29) is 24.2 Å². The quantitative estimate of drug-likeness (QED) is 0.589. The van der Waals surface area contributed by atoms with Gasteiger partial charge in [-0.25, -0.2) is 13.1 Å². The number of hydrogen-bond donors (Lipinski definition) is 3. The minimum absolute atomic E-state index is 0.0503. The van der Waals surface area contributed by atoms with E-state index in [4.69, 9.17) is 0 Å². The van der Waals surface area contributed by atoms with Gasteiger partial charge in [0, 0.05) is 24.7 Å². The summed E-state index contributed by atoms with van der Waals surface area (Å²) in [5, 5.41) is 5.71. The first-order valence-corrected chi connectivity index (χ1v) is 9.44. The van der Waals surface area contributed by atoms with Crippen molar-refractivity contribution < 1.29 is 13.2 Å². The second-order valence-corrected chi connectivity index (χ2v) is 7.98. The minimum Gasteiger partial charge on any atom is -0.354 e. The van der Waals surface area contributed by atoms with Crippen molar-refractivity contribution in [1.82, 2.24) is 15.4 Å². The van der Waals surface area contributed by atoms with Crippen LogP contribution in [0.1, 0.15) is 19.3 Å². The molecule has 6 nitrogen and oxygen atoms in total. The van der Waals surface area contributed by atoms with Crippen LogP contribution < -0.4 is 15.4 Å². The van der Waals surface area contributed by atoms with Crippen LogP contribution in [0.5, 0.6) is 0 Å². The molecule has 1 saturated heterocycles. The van der Waals surface area contributed by atoms with Crippen LogP contribution in [-0.4, -0.2) is 50.8 Å². The Morgan fingerprint density at radius 1 is 1.37 bits per heavy atom. The summed E-state index contributed by atoms with van der Waals surface area (Å²) in [4.78, 5) is 11.7. The lowest BCUT2D eigenvalue weighted by Crippen LogP contribution is -2.44. The molecule has 0 radical (unpaired) electrons. The third-order valence-electron chi connectivity index (χ3n) is 3.52.